The minimum Gasteiger partial charge on any atom is -0.382 e. The molecule has 0 aliphatic carbocycles. The van der Waals surface area contributed by atoms with Crippen LogP contribution in [0.5, 0.6) is 0 Å². The molecular weight excluding hydrogens is 337 g/mol. The number of fused-ring (bicyclic) bond motifs is 1. The zero-order valence-electron chi connectivity index (χ0n) is 7.94. The molecule has 3 rings (SSSR count). The Bertz CT molecular complexity index is 659. The highest BCUT2D eigenvalue weighted by molar-refractivity contribution is 14.1. The zero-order valence-corrected chi connectivity index (χ0v) is 10.9. The van der Waals surface area contributed by atoms with Gasteiger partial charge in [-0.3, -0.25) is 0 Å². The molecule has 0 aromatic carbocycles. The van der Waals surface area contributed by atoms with Crippen molar-refractivity contribution in [2.45, 2.75) is 0 Å². The lowest BCUT2D eigenvalue weighted by molar-refractivity contribution is 1.21. The van der Waals surface area contributed by atoms with Crippen LogP contribution in [-0.2, 0) is 0 Å². The third-order valence-electron chi connectivity index (χ3n) is 2.16. The number of nitrogens with two attached hydrogens (primary N) is 1. The molecule has 0 bridgehead atoms. The Labute approximate surface area is 108 Å². The molecule has 0 saturated heterocycles. The number of anilines is 1. The second-order valence-electron chi connectivity index (χ2n) is 3.18. The van der Waals surface area contributed by atoms with Crippen molar-refractivity contribution in [3.05, 3.63) is 20.7 Å². The monoisotopic (exact) mass is 343 g/mol. The van der Waals surface area contributed by atoms with Crippen molar-refractivity contribution in [2.24, 2.45) is 0 Å². The van der Waals surface area contributed by atoms with Gasteiger partial charge in [0.05, 0.1) is 2.88 Å². The zero-order chi connectivity index (χ0) is 11.1. The molecule has 0 aliphatic rings. The van der Waals surface area contributed by atoms with E-state index in [0.29, 0.717) is 17.0 Å². The fraction of sp³-hybridized carbons (Fsp3) is 0. The average Bonchev–Trinajstić information content (AvgIpc) is 2.84. The lowest BCUT2D eigenvalue weighted by Gasteiger charge is -1.90. The quantitative estimate of drug-likeness (QED) is 0.665. The van der Waals surface area contributed by atoms with E-state index in [2.05, 4.69) is 48.6 Å². The lowest BCUT2D eigenvalue weighted by Crippen LogP contribution is -1.91. The van der Waals surface area contributed by atoms with Gasteiger partial charge in [0, 0.05) is 10.9 Å². The Balaban J connectivity index is 2.22. The maximum atomic E-state index is 5.73. The summed E-state index contributed by atoms with van der Waals surface area (Å²) in [6.07, 6.45) is 1.42. The van der Waals surface area contributed by atoms with Crippen LogP contribution < -0.4 is 5.73 Å². The summed E-state index contributed by atoms with van der Waals surface area (Å²) in [5.41, 5.74) is 8.07. The van der Waals surface area contributed by atoms with Gasteiger partial charge < -0.3 is 10.7 Å². The first-order valence-electron chi connectivity index (χ1n) is 4.44. The summed E-state index contributed by atoms with van der Waals surface area (Å²) in [5.74, 6) is 1.20. The lowest BCUT2D eigenvalue weighted by atomic mass is 10.3. The summed E-state index contributed by atoms with van der Waals surface area (Å²) in [7, 11) is 0. The van der Waals surface area contributed by atoms with E-state index in [0.717, 1.165) is 11.4 Å². The van der Waals surface area contributed by atoms with Crippen molar-refractivity contribution in [1.82, 2.24) is 19.9 Å². The minimum atomic E-state index is 0.425. The maximum absolute atomic E-state index is 5.73. The predicted molar refractivity (Wildman–Crippen MR) is 72.1 cm³/mol. The Hall–Kier alpha value is -1.22. The van der Waals surface area contributed by atoms with Gasteiger partial charge in [0.2, 0.25) is 0 Å². The molecular formula is C9H6IN5S. The van der Waals surface area contributed by atoms with E-state index in [9.17, 15) is 0 Å². The maximum Gasteiger partial charge on any atom is 0.183 e. The number of nitrogen functional groups attached to an aromatic ring is 1. The van der Waals surface area contributed by atoms with Gasteiger partial charge in [-0.25, -0.2) is 15.0 Å². The number of imidazole rings is 1. The van der Waals surface area contributed by atoms with Gasteiger partial charge in [-0.1, -0.05) is 0 Å². The van der Waals surface area contributed by atoms with E-state index in [4.69, 9.17) is 5.73 Å². The van der Waals surface area contributed by atoms with Crippen molar-refractivity contribution in [1.29, 1.82) is 0 Å². The Kier molecular flexibility index (Phi) is 2.28. The minimum absolute atomic E-state index is 0.425. The van der Waals surface area contributed by atoms with Crippen molar-refractivity contribution in [3.63, 3.8) is 0 Å². The number of aromatic amines is 1. The van der Waals surface area contributed by atoms with Gasteiger partial charge in [-0.05, 0) is 28.7 Å². The molecule has 3 N–H and O–H groups in total. The van der Waals surface area contributed by atoms with Crippen LogP contribution in [0.1, 0.15) is 0 Å². The number of nitrogens with one attached hydrogen (secondary N) is 1. The summed E-state index contributed by atoms with van der Waals surface area (Å²) < 4.78 is 1.21. The standard InChI is InChI=1S/C9H6IN5S/c10-5-1-4(2-16-5)8-14-6-7(11)12-3-13-9(6)15-8/h1-3H,(H3,11,12,13,14,15). The molecule has 0 aliphatic heterocycles. The van der Waals surface area contributed by atoms with Gasteiger partial charge in [0.1, 0.15) is 17.7 Å². The Morgan fingerprint density at radius 3 is 2.94 bits per heavy atom. The fourth-order valence-electron chi connectivity index (χ4n) is 1.42. The highest BCUT2D eigenvalue weighted by atomic mass is 127. The normalized spacial score (nSPS) is 11.1. The number of hydrogen-bond donors (Lipinski definition) is 2. The number of halogens is 1. The van der Waals surface area contributed by atoms with Gasteiger partial charge in [0.25, 0.3) is 0 Å². The summed E-state index contributed by atoms with van der Waals surface area (Å²) >= 11 is 3.95. The number of nitrogens with zero attached hydrogens (tertiary/aromatic N) is 3. The van der Waals surface area contributed by atoms with E-state index in [-0.39, 0.29) is 0 Å². The van der Waals surface area contributed by atoms with Crippen molar-refractivity contribution in [3.8, 4) is 11.4 Å². The molecule has 0 fully saturated rings. The smallest absolute Gasteiger partial charge is 0.183 e. The number of rotatable bonds is 1. The summed E-state index contributed by atoms with van der Waals surface area (Å²) in [5, 5.41) is 2.04. The van der Waals surface area contributed by atoms with Crippen LogP contribution in [0.15, 0.2) is 17.8 Å². The number of hydrogen-bond acceptors (Lipinski definition) is 5. The molecule has 0 amide bonds. The SMILES string of the molecule is Nc1ncnc2nc(-c3csc(I)c3)[nH]c12. The molecule has 3 aromatic rings. The number of thiophene rings is 1. The molecule has 3 aromatic heterocycles. The summed E-state index contributed by atoms with van der Waals surface area (Å²) in [4.78, 5) is 15.5. The second kappa shape index (κ2) is 3.67. The molecule has 16 heavy (non-hydrogen) atoms. The summed E-state index contributed by atoms with van der Waals surface area (Å²) in [6.45, 7) is 0. The van der Waals surface area contributed by atoms with Crippen molar-refractivity contribution in [2.75, 3.05) is 5.73 Å². The van der Waals surface area contributed by atoms with E-state index in [1.165, 1.54) is 9.21 Å². The van der Waals surface area contributed by atoms with Gasteiger partial charge in [-0.2, -0.15) is 0 Å². The highest BCUT2D eigenvalue weighted by Gasteiger charge is 2.09. The largest absolute Gasteiger partial charge is 0.382 e. The van der Waals surface area contributed by atoms with Crippen LogP contribution in [0.4, 0.5) is 5.82 Å². The van der Waals surface area contributed by atoms with Crippen LogP contribution in [0.3, 0.4) is 0 Å². The van der Waals surface area contributed by atoms with Gasteiger partial charge >= 0.3 is 0 Å². The molecule has 0 spiro atoms. The number of H-pyrrole nitrogens is 1. The average molecular weight is 343 g/mol. The summed E-state index contributed by atoms with van der Waals surface area (Å²) in [6, 6.07) is 2.06. The van der Waals surface area contributed by atoms with E-state index >= 15 is 0 Å². The highest BCUT2D eigenvalue weighted by Crippen LogP contribution is 2.26. The molecule has 3 heterocycles. The molecule has 7 heteroatoms. The predicted octanol–water partition coefficient (Wildman–Crippen LogP) is 2.27. The van der Waals surface area contributed by atoms with E-state index in [1.807, 2.05) is 5.38 Å². The van der Waals surface area contributed by atoms with Crippen LogP contribution in [0, 0.1) is 2.88 Å². The topological polar surface area (TPSA) is 80.5 Å². The van der Waals surface area contributed by atoms with E-state index < -0.39 is 0 Å². The first-order valence-corrected chi connectivity index (χ1v) is 6.40. The van der Waals surface area contributed by atoms with Crippen LogP contribution >= 0.6 is 33.9 Å². The second-order valence-corrected chi connectivity index (χ2v) is 5.99. The Morgan fingerprint density at radius 1 is 1.38 bits per heavy atom. The van der Waals surface area contributed by atoms with Crippen molar-refractivity contribution < 1.29 is 0 Å². The fourth-order valence-corrected chi connectivity index (χ4v) is 2.75. The third-order valence-corrected chi connectivity index (χ3v) is 3.95. The van der Waals surface area contributed by atoms with Crippen molar-refractivity contribution >= 4 is 50.9 Å². The molecule has 5 nitrogen and oxygen atoms in total. The first-order chi connectivity index (χ1) is 7.74. The van der Waals surface area contributed by atoms with Crippen LogP contribution in [0.2, 0.25) is 0 Å². The van der Waals surface area contributed by atoms with E-state index in [1.54, 1.807) is 11.3 Å². The van der Waals surface area contributed by atoms with Crippen LogP contribution in [-0.4, -0.2) is 19.9 Å². The molecule has 0 saturated carbocycles. The van der Waals surface area contributed by atoms with Gasteiger partial charge in [-0.15, -0.1) is 11.3 Å². The van der Waals surface area contributed by atoms with Crippen LogP contribution in [0.25, 0.3) is 22.6 Å². The Morgan fingerprint density at radius 2 is 2.25 bits per heavy atom. The third kappa shape index (κ3) is 1.55. The molecule has 80 valence electrons. The first kappa shape index (κ1) is 9.97. The molecule has 0 unspecified atom stereocenters. The van der Waals surface area contributed by atoms with Gasteiger partial charge in [0.15, 0.2) is 11.5 Å². The number of aromatic nitrogens is 4. The molecule has 0 atom stereocenters. The molecule has 0 radical (unpaired) electrons.